The SMILES string of the molecule is COCCn1cnnc1SCC(=O)N(C)Cc1ccc(N(C)C)cc1. The number of carbonyl (C=O) groups excluding carboxylic acids is 1. The van der Waals surface area contributed by atoms with Crippen LogP contribution in [-0.4, -0.2) is 66.2 Å². The van der Waals surface area contributed by atoms with Crippen molar-refractivity contribution in [1.29, 1.82) is 0 Å². The summed E-state index contributed by atoms with van der Waals surface area (Å²) < 4.78 is 6.95. The third-order valence-electron chi connectivity index (χ3n) is 3.74. The molecular formula is C17H25N5O2S. The van der Waals surface area contributed by atoms with Crippen molar-refractivity contribution in [3.63, 3.8) is 0 Å². The molecule has 0 aliphatic carbocycles. The Bertz CT molecular complexity index is 672. The first-order valence-corrected chi connectivity index (χ1v) is 8.99. The van der Waals surface area contributed by atoms with E-state index in [1.165, 1.54) is 11.8 Å². The van der Waals surface area contributed by atoms with Crippen LogP contribution in [0.5, 0.6) is 0 Å². The minimum absolute atomic E-state index is 0.0583. The molecule has 0 atom stereocenters. The molecular weight excluding hydrogens is 338 g/mol. The average Bonchev–Trinajstić information content (AvgIpc) is 3.05. The fraction of sp³-hybridized carbons (Fsp3) is 0.471. The Balaban J connectivity index is 1.85. The number of thioether (sulfide) groups is 1. The van der Waals surface area contributed by atoms with Crippen LogP contribution in [-0.2, 0) is 22.6 Å². The maximum absolute atomic E-state index is 12.4. The lowest BCUT2D eigenvalue weighted by molar-refractivity contribution is -0.127. The van der Waals surface area contributed by atoms with Crippen LogP contribution < -0.4 is 4.90 Å². The number of hydrogen-bond acceptors (Lipinski definition) is 6. The maximum atomic E-state index is 12.4. The molecule has 136 valence electrons. The van der Waals surface area contributed by atoms with Crippen molar-refractivity contribution < 1.29 is 9.53 Å². The topological polar surface area (TPSA) is 63.5 Å². The molecule has 0 saturated carbocycles. The molecule has 7 nitrogen and oxygen atoms in total. The van der Waals surface area contributed by atoms with Crippen LogP contribution in [0.15, 0.2) is 35.7 Å². The number of benzene rings is 1. The van der Waals surface area contributed by atoms with Crippen LogP contribution in [0.1, 0.15) is 5.56 Å². The Hall–Kier alpha value is -2.06. The lowest BCUT2D eigenvalue weighted by atomic mass is 10.2. The maximum Gasteiger partial charge on any atom is 0.233 e. The first kappa shape index (κ1) is 19.3. The molecule has 0 fully saturated rings. The molecule has 2 aromatic rings. The summed E-state index contributed by atoms with van der Waals surface area (Å²) >= 11 is 1.39. The molecule has 1 heterocycles. The molecule has 0 spiro atoms. The van der Waals surface area contributed by atoms with Gasteiger partial charge in [0, 0.05) is 47.0 Å². The van der Waals surface area contributed by atoms with E-state index in [0.29, 0.717) is 25.4 Å². The van der Waals surface area contributed by atoms with E-state index in [1.807, 2.05) is 37.8 Å². The molecule has 1 aromatic heterocycles. The van der Waals surface area contributed by atoms with Crippen molar-refractivity contribution in [2.24, 2.45) is 0 Å². The van der Waals surface area contributed by atoms with Gasteiger partial charge in [-0.15, -0.1) is 10.2 Å². The Morgan fingerprint density at radius 3 is 2.60 bits per heavy atom. The van der Waals surface area contributed by atoms with Gasteiger partial charge in [-0.05, 0) is 17.7 Å². The molecule has 0 radical (unpaired) electrons. The lowest BCUT2D eigenvalue weighted by Gasteiger charge is -2.18. The number of methoxy groups -OCH3 is 1. The third-order valence-corrected chi connectivity index (χ3v) is 4.70. The van der Waals surface area contributed by atoms with E-state index < -0.39 is 0 Å². The van der Waals surface area contributed by atoms with Crippen molar-refractivity contribution >= 4 is 23.4 Å². The van der Waals surface area contributed by atoms with E-state index in [4.69, 9.17) is 4.74 Å². The van der Waals surface area contributed by atoms with Crippen molar-refractivity contribution in [1.82, 2.24) is 19.7 Å². The summed E-state index contributed by atoms with van der Waals surface area (Å²) in [6.45, 7) is 1.85. The second-order valence-electron chi connectivity index (χ2n) is 5.90. The largest absolute Gasteiger partial charge is 0.383 e. The van der Waals surface area contributed by atoms with Gasteiger partial charge in [-0.2, -0.15) is 0 Å². The van der Waals surface area contributed by atoms with Crippen molar-refractivity contribution in [2.75, 3.05) is 45.5 Å². The van der Waals surface area contributed by atoms with E-state index in [2.05, 4.69) is 27.2 Å². The van der Waals surface area contributed by atoms with Crippen LogP contribution in [0.4, 0.5) is 5.69 Å². The van der Waals surface area contributed by atoms with Crippen molar-refractivity contribution in [2.45, 2.75) is 18.2 Å². The number of hydrogen-bond donors (Lipinski definition) is 0. The highest BCUT2D eigenvalue weighted by Crippen LogP contribution is 2.17. The van der Waals surface area contributed by atoms with E-state index in [1.54, 1.807) is 18.3 Å². The Morgan fingerprint density at radius 2 is 1.96 bits per heavy atom. The molecule has 0 N–H and O–H groups in total. The van der Waals surface area contributed by atoms with Gasteiger partial charge in [0.25, 0.3) is 0 Å². The zero-order valence-electron chi connectivity index (χ0n) is 15.2. The van der Waals surface area contributed by atoms with Gasteiger partial charge in [0.05, 0.1) is 12.4 Å². The standard InChI is InChI=1S/C17H25N5O2S/c1-20(2)15-7-5-14(6-8-15)11-21(3)16(23)12-25-17-19-18-13-22(17)9-10-24-4/h5-8,13H,9-12H2,1-4H3. The summed E-state index contributed by atoms with van der Waals surface area (Å²) in [6.07, 6.45) is 1.65. The highest BCUT2D eigenvalue weighted by molar-refractivity contribution is 7.99. The van der Waals surface area contributed by atoms with Gasteiger partial charge in [-0.1, -0.05) is 23.9 Å². The van der Waals surface area contributed by atoms with Gasteiger partial charge in [0.15, 0.2) is 5.16 Å². The monoisotopic (exact) mass is 363 g/mol. The summed E-state index contributed by atoms with van der Waals surface area (Å²) in [7, 11) is 7.49. The van der Waals surface area contributed by atoms with E-state index in [0.717, 1.165) is 16.4 Å². The minimum Gasteiger partial charge on any atom is -0.383 e. The number of ether oxygens (including phenoxy) is 1. The van der Waals surface area contributed by atoms with Gasteiger partial charge < -0.3 is 19.1 Å². The zero-order chi connectivity index (χ0) is 18.2. The third kappa shape index (κ3) is 5.75. The van der Waals surface area contributed by atoms with Gasteiger partial charge in [-0.25, -0.2) is 0 Å². The Morgan fingerprint density at radius 1 is 1.24 bits per heavy atom. The van der Waals surface area contributed by atoms with Crippen molar-refractivity contribution in [3.8, 4) is 0 Å². The predicted octanol–water partition coefficient (Wildman–Crippen LogP) is 1.74. The second-order valence-corrected chi connectivity index (χ2v) is 6.84. The van der Waals surface area contributed by atoms with Crippen LogP contribution in [0.2, 0.25) is 0 Å². The Kier molecular flexibility index (Phi) is 7.27. The first-order valence-electron chi connectivity index (χ1n) is 8.01. The molecule has 0 bridgehead atoms. The molecule has 8 heteroatoms. The summed E-state index contributed by atoms with van der Waals surface area (Å²) in [5, 5.41) is 8.68. The lowest BCUT2D eigenvalue weighted by Crippen LogP contribution is -2.28. The van der Waals surface area contributed by atoms with Gasteiger partial charge >= 0.3 is 0 Å². The molecule has 1 aromatic carbocycles. The van der Waals surface area contributed by atoms with Crippen LogP contribution in [0, 0.1) is 0 Å². The number of carbonyl (C=O) groups is 1. The highest BCUT2D eigenvalue weighted by atomic mass is 32.2. The Labute approximate surface area is 153 Å². The second kappa shape index (κ2) is 9.43. The fourth-order valence-corrected chi connectivity index (χ4v) is 3.08. The fourth-order valence-electron chi connectivity index (χ4n) is 2.20. The number of aromatic nitrogens is 3. The predicted molar refractivity (Wildman–Crippen MR) is 99.9 cm³/mol. The summed E-state index contributed by atoms with van der Waals surface area (Å²) in [6, 6.07) is 8.21. The number of anilines is 1. The smallest absolute Gasteiger partial charge is 0.233 e. The zero-order valence-corrected chi connectivity index (χ0v) is 16.0. The number of nitrogens with zero attached hydrogens (tertiary/aromatic N) is 5. The van der Waals surface area contributed by atoms with Crippen LogP contribution >= 0.6 is 11.8 Å². The summed E-state index contributed by atoms with van der Waals surface area (Å²) in [5.41, 5.74) is 2.25. The molecule has 1 amide bonds. The molecule has 0 unspecified atom stereocenters. The average molecular weight is 363 g/mol. The van der Waals surface area contributed by atoms with Gasteiger partial charge in [0.2, 0.25) is 5.91 Å². The van der Waals surface area contributed by atoms with E-state index in [9.17, 15) is 4.79 Å². The minimum atomic E-state index is 0.0583. The van der Waals surface area contributed by atoms with E-state index >= 15 is 0 Å². The molecule has 25 heavy (non-hydrogen) atoms. The first-order chi connectivity index (χ1) is 12.0. The highest BCUT2D eigenvalue weighted by Gasteiger charge is 2.13. The molecule has 0 aliphatic heterocycles. The van der Waals surface area contributed by atoms with E-state index in [-0.39, 0.29) is 5.91 Å². The summed E-state index contributed by atoms with van der Waals surface area (Å²) in [4.78, 5) is 16.1. The van der Waals surface area contributed by atoms with Gasteiger partial charge in [0.1, 0.15) is 6.33 Å². The van der Waals surface area contributed by atoms with Gasteiger partial charge in [-0.3, -0.25) is 4.79 Å². The molecule has 0 saturated heterocycles. The summed E-state index contributed by atoms with van der Waals surface area (Å²) in [5.74, 6) is 0.390. The quantitative estimate of drug-likeness (QED) is 0.633. The molecule has 0 aliphatic rings. The van der Waals surface area contributed by atoms with Crippen LogP contribution in [0.25, 0.3) is 0 Å². The number of rotatable bonds is 9. The van der Waals surface area contributed by atoms with Crippen LogP contribution in [0.3, 0.4) is 0 Å². The normalized spacial score (nSPS) is 10.7. The molecule has 2 rings (SSSR count). The van der Waals surface area contributed by atoms with Crippen molar-refractivity contribution in [3.05, 3.63) is 36.2 Å². The number of amides is 1.